The van der Waals surface area contributed by atoms with E-state index in [2.05, 4.69) is 23.3 Å². The molecule has 7 heteroatoms. The second kappa shape index (κ2) is 7.04. The van der Waals surface area contributed by atoms with Crippen LogP contribution in [0.1, 0.15) is 21.7 Å². The van der Waals surface area contributed by atoms with E-state index in [4.69, 9.17) is 0 Å². The number of alkyl halides is 3. The van der Waals surface area contributed by atoms with Crippen LogP contribution in [-0.2, 0) is 19.3 Å². The van der Waals surface area contributed by atoms with Crippen molar-refractivity contribution in [2.24, 2.45) is 0 Å². The van der Waals surface area contributed by atoms with Crippen molar-refractivity contribution in [3.63, 3.8) is 0 Å². The summed E-state index contributed by atoms with van der Waals surface area (Å²) in [5.41, 5.74) is 0.865. The lowest BCUT2D eigenvalue weighted by atomic mass is 10.1. The fraction of sp³-hybridized carbons (Fsp3) is 0.235. The minimum atomic E-state index is -4.33. The molecule has 0 saturated heterocycles. The highest BCUT2D eigenvalue weighted by atomic mass is 32.1. The first-order valence-electron chi connectivity index (χ1n) is 7.30. The molecule has 0 aliphatic carbocycles. The predicted molar refractivity (Wildman–Crippen MR) is 92.2 cm³/mol. The summed E-state index contributed by atoms with van der Waals surface area (Å²) >= 11 is 3.23. The normalized spacial score (nSPS) is 11.8. The van der Waals surface area contributed by atoms with Gasteiger partial charge in [-0.15, -0.1) is 22.7 Å². The van der Waals surface area contributed by atoms with Crippen LogP contribution < -0.4 is 5.32 Å². The maximum Gasteiger partial charge on any atom is 0.416 e. The number of aromatic nitrogens is 1. The molecular weight excluding hydrogens is 353 g/mol. The maximum absolute atomic E-state index is 13.0. The van der Waals surface area contributed by atoms with Crippen LogP contribution in [0.15, 0.2) is 41.9 Å². The van der Waals surface area contributed by atoms with E-state index < -0.39 is 11.7 Å². The average molecular weight is 368 g/mol. The lowest BCUT2D eigenvalue weighted by molar-refractivity contribution is -0.138. The molecule has 2 heterocycles. The van der Waals surface area contributed by atoms with Crippen LogP contribution in [0.2, 0.25) is 0 Å². The molecule has 1 aromatic carbocycles. The third-order valence-electron chi connectivity index (χ3n) is 3.55. The number of rotatable bonds is 5. The lowest BCUT2D eigenvalue weighted by Gasteiger charge is -2.12. The van der Waals surface area contributed by atoms with Gasteiger partial charge in [0.1, 0.15) is 5.01 Å². The number of nitrogens with one attached hydrogen (secondary N) is 1. The van der Waals surface area contributed by atoms with Crippen LogP contribution in [-0.4, -0.2) is 4.98 Å². The monoisotopic (exact) mass is 368 g/mol. The number of benzene rings is 1. The van der Waals surface area contributed by atoms with E-state index in [-0.39, 0.29) is 12.1 Å². The van der Waals surface area contributed by atoms with Crippen molar-refractivity contribution in [3.05, 3.63) is 63.6 Å². The van der Waals surface area contributed by atoms with E-state index in [1.165, 1.54) is 22.6 Å². The Balaban J connectivity index is 1.64. The molecular formula is C17H15F3N2S2. The van der Waals surface area contributed by atoms with E-state index in [0.29, 0.717) is 6.54 Å². The number of hydrogen-bond donors (Lipinski definition) is 1. The highest BCUT2D eigenvalue weighted by Gasteiger charge is 2.32. The number of hydrogen-bond acceptors (Lipinski definition) is 4. The van der Waals surface area contributed by atoms with Gasteiger partial charge in [0.05, 0.1) is 10.4 Å². The van der Waals surface area contributed by atoms with Gasteiger partial charge in [-0.2, -0.15) is 13.2 Å². The fourth-order valence-electron chi connectivity index (χ4n) is 2.38. The summed E-state index contributed by atoms with van der Waals surface area (Å²) in [6.07, 6.45) is -2.51. The van der Waals surface area contributed by atoms with E-state index in [9.17, 15) is 13.2 Å². The highest BCUT2D eigenvalue weighted by Crippen LogP contribution is 2.34. The van der Waals surface area contributed by atoms with Gasteiger partial charge in [0.2, 0.25) is 0 Å². The average Bonchev–Trinajstić information content (AvgIpc) is 3.15. The second-order valence-corrected chi connectivity index (χ2v) is 7.34. The fourth-order valence-corrected chi connectivity index (χ4v) is 4.37. The Kier molecular flexibility index (Phi) is 5.03. The summed E-state index contributed by atoms with van der Waals surface area (Å²) in [4.78, 5) is 6.64. The van der Waals surface area contributed by atoms with Crippen molar-refractivity contribution in [1.29, 1.82) is 0 Å². The number of nitrogens with zero attached hydrogens (tertiary/aromatic N) is 1. The zero-order valence-corrected chi connectivity index (χ0v) is 14.5. The van der Waals surface area contributed by atoms with Gasteiger partial charge in [-0.1, -0.05) is 18.2 Å². The summed E-state index contributed by atoms with van der Waals surface area (Å²) < 4.78 is 38.9. The largest absolute Gasteiger partial charge is 0.416 e. The number of aryl methyl sites for hydroxylation is 1. The third-order valence-corrected chi connectivity index (χ3v) is 5.75. The Morgan fingerprint density at radius 3 is 2.62 bits per heavy atom. The Hall–Kier alpha value is -1.70. The second-order valence-electron chi connectivity index (χ2n) is 5.31. The Labute approximate surface area is 146 Å². The zero-order valence-electron chi connectivity index (χ0n) is 12.9. The van der Waals surface area contributed by atoms with Gasteiger partial charge in [-0.3, -0.25) is 0 Å². The molecule has 0 spiro atoms. The lowest BCUT2D eigenvalue weighted by Crippen LogP contribution is -2.17. The predicted octanol–water partition coefficient (Wildman–Crippen LogP) is 5.49. The molecule has 0 unspecified atom stereocenters. The summed E-state index contributed by atoms with van der Waals surface area (Å²) in [7, 11) is 0. The topological polar surface area (TPSA) is 24.9 Å². The first-order chi connectivity index (χ1) is 11.4. The Morgan fingerprint density at radius 1 is 1.12 bits per heavy atom. The molecule has 0 saturated carbocycles. The van der Waals surface area contributed by atoms with Gasteiger partial charge in [0.25, 0.3) is 0 Å². The Bertz CT molecular complexity index is 821. The van der Waals surface area contributed by atoms with Gasteiger partial charge >= 0.3 is 6.18 Å². The van der Waals surface area contributed by atoms with Gasteiger partial charge in [0, 0.05) is 24.2 Å². The first kappa shape index (κ1) is 17.1. The molecule has 1 N–H and O–H groups in total. The van der Waals surface area contributed by atoms with Gasteiger partial charge in [-0.25, -0.2) is 4.98 Å². The summed E-state index contributed by atoms with van der Waals surface area (Å²) in [6, 6.07) is 7.69. The number of thiazole rings is 1. The van der Waals surface area contributed by atoms with Gasteiger partial charge < -0.3 is 5.32 Å². The highest BCUT2D eigenvalue weighted by molar-refractivity contribution is 7.21. The first-order valence-corrected chi connectivity index (χ1v) is 9.00. The minimum Gasteiger partial charge on any atom is -0.306 e. The van der Waals surface area contributed by atoms with Crippen molar-refractivity contribution in [3.8, 4) is 9.75 Å². The van der Waals surface area contributed by atoms with E-state index in [0.717, 1.165) is 16.0 Å². The minimum absolute atomic E-state index is 0.155. The Morgan fingerprint density at radius 2 is 1.92 bits per heavy atom. The molecule has 0 aliphatic rings. The van der Waals surface area contributed by atoms with Crippen LogP contribution in [0.5, 0.6) is 0 Å². The van der Waals surface area contributed by atoms with E-state index in [1.54, 1.807) is 28.7 Å². The van der Waals surface area contributed by atoms with Crippen LogP contribution in [0.4, 0.5) is 13.2 Å². The van der Waals surface area contributed by atoms with E-state index >= 15 is 0 Å². The molecule has 0 fully saturated rings. The van der Waals surface area contributed by atoms with Crippen LogP contribution in [0.3, 0.4) is 0 Å². The van der Waals surface area contributed by atoms with Crippen molar-refractivity contribution in [1.82, 2.24) is 10.3 Å². The molecule has 3 rings (SSSR count). The van der Waals surface area contributed by atoms with Gasteiger partial charge in [-0.05, 0) is 35.6 Å². The molecule has 0 amide bonds. The SMILES string of the molecule is Cc1ccsc1-c1cnc(CNCc2ccccc2C(F)(F)F)s1. The molecule has 0 bridgehead atoms. The van der Waals surface area contributed by atoms with Crippen LogP contribution in [0, 0.1) is 6.92 Å². The summed E-state index contributed by atoms with van der Waals surface area (Å²) in [6.45, 7) is 2.65. The molecule has 3 aromatic rings. The van der Waals surface area contributed by atoms with Crippen molar-refractivity contribution < 1.29 is 13.2 Å². The third kappa shape index (κ3) is 3.85. The summed E-state index contributed by atoms with van der Waals surface area (Å²) in [5.74, 6) is 0. The number of halogens is 3. The molecule has 24 heavy (non-hydrogen) atoms. The van der Waals surface area contributed by atoms with Crippen molar-refractivity contribution >= 4 is 22.7 Å². The molecule has 126 valence electrons. The number of thiophene rings is 1. The smallest absolute Gasteiger partial charge is 0.306 e. The molecule has 2 nitrogen and oxygen atoms in total. The van der Waals surface area contributed by atoms with Crippen molar-refractivity contribution in [2.75, 3.05) is 0 Å². The zero-order chi connectivity index (χ0) is 17.2. The maximum atomic E-state index is 13.0. The standard InChI is InChI=1S/C17H15F3N2S2/c1-11-6-7-23-16(11)14-9-22-15(24-14)10-21-8-12-4-2-3-5-13(12)17(18,19)20/h2-7,9,21H,8,10H2,1H3. The van der Waals surface area contributed by atoms with Crippen LogP contribution in [0.25, 0.3) is 9.75 Å². The molecule has 0 radical (unpaired) electrons. The van der Waals surface area contributed by atoms with Gasteiger partial charge in [0.15, 0.2) is 0 Å². The molecule has 2 aromatic heterocycles. The quantitative estimate of drug-likeness (QED) is 0.644. The molecule has 0 aliphatic heterocycles. The molecule has 0 atom stereocenters. The van der Waals surface area contributed by atoms with Crippen LogP contribution >= 0.6 is 22.7 Å². The van der Waals surface area contributed by atoms with E-state index in [1.807, 2.05) is 11.6 Å². The summed E-state index contributed by atoms with van der Waals surface area (Å²) in [5, 5.41) is 5.96. The van der Waals surface area contributed by atoms with Crippen molar-refractivity contribution in [2.45, 2.75) is 26.2 Å².